The van der Waals surface area contributed by atoms with Crippen molar-refractivity contribution in [3.8, 4) is 11.3 Å². The van der Waals surface area contributed by atoms with Crippen molar-refractivity contribution in [3.05, 3.63) is 114 Å². The zero-order chi connectivity index (χ0) is 23.2. The Morgan fingerprint density at radius 2 is 1.76 bits per heavy atom. The van der Waals surface area contributed by atoms with Crippen LogP contribution in [0.4, 0.5) is 14.6 Å². The summed E-state index contributed by atoms with van der Waals surface area (Å²) < 4.78 is 27.3. The van der Waals surface area contributed by atoms with Crippen LogP contribution in [-0.4, -0.2) is 22.4 Å². The molecule has 2 aromatic carbocycles. The van der Waals surface area contributed by atoms with Crippen LogP contribution in [-0.2, 0) is 11.2 Å². The van der Waals surface area contributed by atoms with Crippen LogP contribution < -0.4 is 11.1 Å². The Labute approximate surface area is 190 Å². The molecule has 1 amide bonds. The van der Waals surface area contributed by atoms with Crippen molar-refractivity contribution in [2.24, 2.45) is 5.73 Å². The molecule has 2 aromatic heterocycles. The summed E-state index contributed by atoms with van der Waals surface area (Å²) >= 11 is 0. The number of pyridine rings is 2. The van der Waals surface area contributed by atoms with Gasteiger partial charge in [-0.05, 0) is 53.9 Å². The number of carbonyl (C=O) groups is 1. The number of hydrogen-bond acceptors (Lipinski definition) is 4. The second kappa shape index (κ2) is 9.99. The minimum absolute atomic E-state index is 0.301. The Kier molecular flexibility index (Phi) is 6.69. The van der Waals surface area contributed by atoms with Gasteiger partial charge in [-0.3, -0.25) is 9.78 Å². The molecular weight excluding hydrogens is 422 g/mol. The molecule has 5 nitrogen and oxygen atoms in total. The largest absolute Gasteiger partial charge is 0.369 e. The van der Waals surface area contributed by atoms with Gasteiger partial charge in [0.25, 0.3) is 0 Å². The summed E-state index contributed by atoms with van der Waals surface area (Å²) in [6.07, 6.45) is 3.74. The predicted octanol–water partition coefficient (Wildman–Crippen LogP) is 4.69. The maximum absolute atomic E-state index is 13.8. The zero-order valence-corrected chi connectivity index (χ0v) is 17.7. The van der Waals surface area contributed by atoms with E-state index in [0.717, 1.165) is 5.56 Å². The SMILES string of the molecule is NC(=O)C(c1cccnc1)c1ccc(-c2cccc(F)c2)nc1NCCc1cccc(F)c1. The van der Waals surface area contributed by atoms with Gasteiger partial charge in [-0.1, -0.05) is 36.4 Å². The first kappa shape index (κ1) is 22.1. The van der Waals surface area contributed by atoms with E-state index < -0.39 is 11.8 Å². The lowest BCUT2D eigenvalue weighted by Crippen LogP contribution is -2.24. The Balaban J connectivity index is 1.70. The standard InChI is InChI=1S/C26H22F2N4O/c27-20-7-1-4-17(14-20)11-13-31-26-22(24(25(29)33)19-6-3-12-30-16-19)9-10-23(32-26)18-5-2-8-21(28)15-18/h1-10,12,14-16,24H,11,13H2,(H2,29,33)(H,31,32). The van der Waals surface area contributed by atoms with E-state index >= 15 is 0 Å². The molecule has 0 saturated heterocycles. The molecule has 0 bridgehead atoms. The monoisotopic (exact) mass is 444 g/mol. The molecule has 4 rings (SSSR count). The van der Waals surface area contributed by atoms with Gasteiger partial charge in [0.1, 0.15) is 17.5 Å². The van der Waals surface area contributed by atoms with Gasteiger partial charge in [-0.15, -0.1) is 0 Å². The average Bonchev–Trinajstić information content (AvgIpc) is 2.80. The highest BCUT2D eigenvalue weighted by molar-refractivity contribution is 5.87. The van der Waals surface area contributed by atoms with Crippen molar-refractivity contribution in [2.75, 3.05) is 11.9 Å². The fourth-order valence-corrected chi connectivity index (χ4v) is 3.71. The van der Waals surface area contributed by atoms with Crippen molar-refractivity contribution in [1.82, 2.24) is 9.97 Å². The minimum Gasteiger partial charge on any atom is -0.369 e. The summed E-state index contributed by atoms with van der Waals surface area (Å²) in [5.74, 6) is -1.55. The molecule has 3 N–H and O–H groups in total. The van der Waals surface area contributed by atoms with Crippen LogP contribution in [0.2, 0.25) is 0 Å². The van der Waals surface area contributed by atoms with Crippen LogP contribution in [0.15, 0.2) is 85.2 Å². The van der Waals surface area contributed by atoms with E-state index in [-0.39, 0.29) is 11.6 Å². The van der Waals surface area contributed by atoms with Gasteiger partial charge < -0.3 is 11.1 Å². The number of hydrogen-bond donors (Lipinski definition) is 2. The van der Waals surface area contributed by atoms with Crippen LogP contribution in [0, 0.1) is 11.6 Å². The van der Waals surface area contributed by atoms with Crippen LogP contribution in [0.5, 0.6) is 0 Å². The number of amides is 1. The van der Waals surface area contributed by atoms with Crippen molar-refractivity contribution < 1.29 is 13.6 Å². The number of benzene rings is 2. The lowest BCUT2D eigenvalue weighted by molar-refractivity contribution is -0.118. The fourth-order valence-electron chi connectivity index (χ4n) is 3.71. The van der Waals surface area contributed by atoms with Crippen molar-refractivity contribution >= 4 is 11.7 Å². The van der Waals surface area contributed by atoms with E-state index in [9.17, 15) is 13.6 Å². The lowest BCUT2D eigenvalue weighted by Gasteiger charge is -2.19. The maximum atomic E-state index is 13.8. The van der Waals surface area contributed by atoms with Crippen molar-refractivity contribution in [2.45, 2.75) is 12.3 Å². The third-order valence-electron chi connectivity index (χ3n) is 5.26. The van der Waals surface area contributed by atoms with E-state index in [1.165, 1.54) is 24.3 Å². The smallest absolute Gasteiger partial charge is 0.229 e. The first-order valence-electron chi connectivity index (χ1n) is 10.5. The summed E-state index contributed by atoms with van der Waals surface area (Å²) in [6.45, 7) is 0.439. The number of nitrogens with two attached hydrogens (primary N) is 1. The number of nitrogens with zero attached hydrogens (tertiary/aromatic N) is 2. The maximum Gasteiger partial charge on any atom is 0.229 e. The van der Waals surface area contributed by atoms with Gasteiger partial charge in [-0.2, -0.15) is 0 Å². The second-order valence-electron chi connectivity index (χ2n) is 7.57. The van der Waals surface area contributed by atoms with Crippen LogP contribution in [0.1, 0.15) is 22.6 Å². The number of nitrogens with one attached hydrogen (secondary N) is 1. The van der Waals surface area contributed by atoms with E-state index in [4.69, 9.17) is 5.73 Å². The molecule has 166 valence electrons. The van der Waals surface area contributed by atoms with E-state index in [1.807, 2.05) is 6.07 Å². The third-order valence-corrected chi connectivity index (χ3v) is 5.26. The molecule has 1 unspecified atom stereocenters. The van der Waals surface area contributed by atoms with Crippen LogP contribution in [0.3, 0.4) is 0 Å². The summed E-state index contributed by atoms with van der Waals surface area (Å²) in [7, 11) is 0. The van der Waals surface area contributed by atoms with Gasteiger partial charge in [0.2, 0.25) is 5.91 Å². The van der Waals surface area contributed by atoms with Gasteiger partial charge in [0.15, 0.2) is 0 Å². The normalized spacial score (nSPS) is 11.7. The second-order valence-corrected chi connectivity index (χ2v) is 7.57. The minimum atomic E-state index is -0.774. The highest BCUT2D eigenvalue weighted by Crippen LogP contribution is 2.31. The predicted molar refractivity (Wildman–Crippen MR) is 123 cm³/mol. The van der Waals surface area contributed by atoms with Gasteiger partial charge in [0.05, 0.1) is 11.6 Å². The van der Waals surface area contributed by atoms with Crippen LogP contribution in [0.25, 0.3) is 11.3 Å². The van der Waals surface area contributed by atoms with Crippen molar-refractivity contribution in [1.29, 1.82) is 0 Å². The number of carbonyl (C=O) groups excluding carboxylic acids is 1. The molecule has 33 heavy (non-hydrogen) atoms. The molecule has 0 aliphatic heterocycles. The molecule has 4 aromatic rings. The Hall–Kier alpha value is -4.13. The molecule has 0 aliphatic rings. The average molecular weight is 444 g/mol. The van der Waals surface area contributed by atoms with Crippen molar-refractivity contribution in [3.63, 3.8) is 0 Å². The fraction of sp³-hybridized carbons (Fsp3) is 0.115. The highest BCUT2D eigenvalue weighted by Gasteiger charge is 2.24. The molecule has 0 radical (unpaired) electrons. The number of rotatable bonds is 8. The molecule has 0 aliphatic carbocycles. The number of anilines is 1. The number of aromatic nitrogens is 2. The van der Waals surface area contributed by atoms with E-state index in [2.05, 4.69) is 15.3 Å². The molecule has 0 spiro atoms. The summed E-state index contributed by atoms with van der Waals surface area (Å²) in [6, 6.07) is 19.5. The zero-order valence-electron chi connectivity index (χ0n) is 17.7. The first-order chi connectivity index (χ1) is 16.0. The van der Waals surface area contributed by atoms with Gasteiger partial charge in [0, 0.05) is 30.1 Å². The third kappa shape index (κ3) is 5.38. The molecule has 1 atom stereocenters. The Bertz CT molecular complexity index is 1260. The Morgan fingerprint density at radius 1 is 0.970 bits per heavy atom. The van der Waals surface area contributed by atoms with E-state index in [0.29, 0.717) is 41.2 Å². The molecule has 0 saturated carbocycles. The van der Waals surface area contributed by atoms with E-state index in [1.54, 1.807) is 54.9 Å². The molecule has 2 heterocycles. The summed E-state index contributed by atoms with van der Waals surface area (Å²) in [4.78, 5) is 21.2. The topological polar surface area (TPSA) is 80.9 Å². The molecule has 7 heteroatoms. The van der Waals surface area contributed by atoms with Gasteiger partial charge >= 0.3 is 0 Å². The number of halogens is 2. The quantitative estimate of drug-likeness (QED) is 0.413. The lowest BCUT2D eigenvalue weighted by atomic mass is 9.91. The first-order valence-corrected chi connectivity index (χ1v) is 10.5. The van der Waals surface area contributed by atoms with Crippen LogP contribution >= 0.6 is 0 Å². The van der Waals surface area contributed by atoms with Gasteiger partial charge in [-0.25, -0.2) is 13.8 Å². The molecular formula is C26H22F2N4O. The summed E-state index contributed by atoms with van der Waals surface area (Å²) in [5.41, 5.74) is 8.95. The number of primary amides is 1. The molecule has 0 fully saturated rings. The highest BCUT2D eigenvalue weighted by atomic mass is 19.1. The Morgan fingerprint density at radius 3 is 2.45 bits per heavy atom. The summed E-state index contributed by atoms with van der Waals surface area (Å²) in [5, 5.41) is 3.26.